The Balaban J connectivity index is 0.00000108. The Labute approximate surface area is 234 Å². The third-order valence-electron chi connectivity index (χ3n) is 5.86. The van der Waals surface area contributed by atoms with Gasteiger partial charge in [0.05, 0.1) is 7.11 Å². The number of hydrogen-bond donors (Lipinski definition) is 0. The number of rotatable bonds is 2. The van der Waals surface area contributed by atoms with Crippen LogP contribution in [0.4, 0.5) is 27.7 Å². The second kappa shape index (κ2) is 13.3. The second-order valence-electron chi connectivity index (χ2n) is 10.1. The second-order valence-corrected chi connectivity index (χ2v) is 10.1. The lowest BCUT2D eigenvalue weighted by Crippen LogP contribution is -2.55. The maximum atomic E-state index is 13.8. The lowest BCUT2D eigenvalue weighted by Gasteiger charge is -2.35. The van der Waals surface area contributed by atoms with Gasteiger partial charge < -0.3 is 36.4 Å². The zero-order chi connectivity index (χ0) is 31.1. The molecule has 2 aliphatic rings. The zero-order valence-corrected chi connectivity index (χ0v) is 23.4. The van der Waals surface area contributed by atoms with Gasteiger partial charge in [0.15, 0.2) is 4.98 Å². The van der Waals surface area contributed by atoms with Gasteiger partial charge in [-0.3, -0.25) is 9.69 Å². The number of nitrogens with zero attached hydrogens (tertiary/aromatic N) is 4. The highest BCUT2D eigenvalue weighted by atomic mass is 19.5. The van der Waals surface area contributed by atoms with Gasteiger partial charge in [-0.2, -0.15) is 0 Å². The van der Waals surface area contributed by atoms with Crippen molar-refractivity contribution in [3.8, 4) is 11.5 Å². The summed E-state index contributed by atoms with van der Waals surface area (Å²) in [5, 5.41) is 9.38. The smallest absolute Gasteiger partial charge is 0.467 e. The van der Waals surface area contributed by atoms with E-state index in [-0.39, 0.29) is 18.5 Å². The Morgan fingerprint density at radius 1 is 1.07 bits per heavy atom. The molecule has 0 saturated carbocycles. The first-order valence-corrected chi connectivity index (χ1v) is 12.4. The first-order valence-electron chi connectivity index (χ1n) is 12.4. The number of halogens is 4. The van der Waals surface area contributed by atoms with Gasteiger partial charge in [0.25, 0.3) is 0 Å². The fourth-order valence-corrected chi connectivity index (χ4v) is 3.87. The molecule has 0 aromatic heterocycles. The molecule has 0 fully saturated rings. The summed E-state index contributed by atoms with van der Waals surface area (Å²) in [6, 6.07) is 9.96. The third kappa shape index (κ3) is 9.97. The Morgan fingerprint density at radius 3 is 2.15 bits per heavy atom. The van der Waals surface area contributed by atoms with Gasteiger partial charge >= 0.3 is 25.0 Å². The number of hydrogen-bond acceptors (Lipinski definition) is 7. The molecule has 2 aromatic rings. The van der Waals surface area contributed by atoms with Crippen molar-refractivity contribution in [2.24, 2.45) is 0 Å². The summed E-state index contributed by atoms with van der Waals surface area (Å²) in [6.07, 6.45) is -0.370. The SMILES string of the molecule is COC(=O)[C@@H]1Cc2ccc([N+]#N)c(c2)Oc2ccc(cc2)C[C@H](N(C)C(=O)OC(C)(C)C)C(=O)N1C.F[B-](F)(F)F. The fourth-order valence-electron chi connectivity index (χ4n) is 3.87. The fraction of sp³-hybridized carbons (Fsp3) is 0.423. The number of esters is 1. The predicted molar refractivity (Wildman–Crippen MR) is 142 cm³/mol. The first-order chi connectivity index (χ1) is 18.9. The number of fused-ring (bicyclic) bond motifs is 7. The van der Waals surface area contributed by atoms with E-state index in [1.54, 1.807) is 63.2 Å². The molecule has 15 heteroatoms. The number of carbonyl (C=O) groups is 3. The van der Waals surface area contributed by atoms with Crippen molar-refractivity contribution in [2.75, 3.05) is 21.2 Å². The normalized spacial score (nSPS) is 17.2. The van der Waals surface area contributed by atoms with Gasteiger partial charge in [0, 0.05) is 33.0 Å². The standard InChI is InChI=1S/C26H31N4O6.BF4/c1-26(2,3)36-25(33)30(5)20-13-16-7-10-18(11-8-16)35-22-15-17(9-12-19(22)28-27)14-21(24(32)34-6)29(4)23(20)31;2-1(3,4)5/h7-12,15,20-21H,13-14H2,1-6H3;/q+1;-1/t20-,21-;/m0./s1. The van der Waals surface area contributed by atoms with Gasteiger partial charge in [-0.25, -0.2) is 9.59 Å². The molecular weight excluding hydrogens is 551 g/mol. The van der Waals surface area contributed by atoms with Crippen LogP contribution in [0.3, 0.4) is 0 Å². The maximum absolute atomic E-state index is 13.8. The van der Waals surface area contributed by atoms with E-state index in [2.05, 4.69) is 4.98 Å². The Kier molecular flexibility index (Phi) is 10.7. The summed E-state index contributed by atoms with van der Waals surface area (Å²) in [5.41, 5.74) is 0.878. The lowest BCUT2D eigenvalue weighted by molar-refractivity contribution is -0.153. The van der Waals surface area contributed by atoms with Gasteiger partial charge in [0.2, 0.25) is 17.0 Å². The van der Waals surface area contributed by atoms with Gasteiger partial charge in [-0.15, -0.1) is 0 Å². The molecule has 4 bridgehead atoms. The number of diazo groups is 1. The van der Waals surface area contributed by atoms with Crippen LogP contribution in [0.1, 0.15) is 31.9 Å². The molecule has 2 amide bonds. The largest absolute Gasteiger partial charge is 0.673 e. The molecule has 0 aliphatic carbocycles. The summed E-state index contributed by atoms with van der Waals surface area (Å²) in [6.45, 7) is 5.24. The molecule has 10 nitrogen and oxygen atoms in total. The van der Waals surface area contributed by atoms with Crippen molar-refractivity contribution in [2.45, 2.75) is 51.3 Å². The molecule has 0 N–H and O–H groups in total. The molecule has 222 valence electrons. The number of ether oxygens (including phenoxy) is 3. The highest BCUT2D eigenvalue weighted by Crippen LogP contribution is 2.34. The lowest BCUT2D eigenvalue weighted by atomic mass is 10.00. The molecule has 0 spiro atoms. The quantitative estimate of drug-likeness (QED) is 0.196. The van der Waals surface area contributed by atoms with Crippen LogP contribution in [0.25, 0.3) is 4.98 Å². The van der Waals surface area contributed by atoms with Crippen LogP contribution in [0.5, 0.6) is 11.5 Å². The number of carbonyl (C=O) groups excluding carboxylic acids is 3. The summed E-state index contributed by atoms with van der Waals surface area (Å²) >= 11 is 0. The summed E-state index contributed by atoms with van der Waals surface area (Å²) in [5.74, 6) is -0.278. The molecule has 0 unspecified atom stereocenters. The van der Waals surface area contributed by atoms with E-state index in [9.17, 15) is 37.0 Å². The van der Waals surface area contributed by atoms with E-state index in [0.29, 0.717) is 17.1 Å². The first kappa shape index (κ1) is 32.9. The van der Waals surface area contributed by atoms with Gasteiger partial charge in [-0.1, -0.05) is 18.2 Å². The van der Waals surface area contributed by atoms with Crippen molar-refractivity contribution in [1.29, 1.82) is 5.39 Å². The number of amides is 2. The molecule has 0 saturated heterocycles. The highest BCUT2D eigenvalue weighted by molar-refractivity contribution is 6.50. The van der Waals surface area contributed by atoms with Crippen molar-refractivity contribution in [3.63, 3.8) is 0 Å². The van der Waals surface area contributed by atoms with Crippen LogP contribution < -0.4 is 4.74 Å². The molecular formula is C26H31BF4N4O6. The molecule has 2 aromatic carbocycles. The van der Waals surface area contributed by atoms with Crippen molar-refractivity contribution < 1.29 is 45.9 Å². The van der Waals surface area contributed by atoms with Crippen LogP contribution in [0.15, 0.2) is 42.5 Å². The van der Waals surface area contributed by atoms with Crippen LogP contribution in [0.2, 0.25) is 0 Å². The van der Waals surface area contributed by atoms with E-state index < -0.39 is 42.9 Å². The number of likely N-dealkylation sites (N-methyl/N-ethyl adjacent to an activating group) is 2. The summed E-state index contributed by atoms with van der Waals surface area (Å²) in [4.78, 5) is 45.3. The Morgan fingerprint density at radius 2 is 1.63 bits per heavy atom. The molecule has 2 aliphatic heterocycles. The van der Waals surface area contributed by atoms with Gasteiger partial charge in [-0.05, 0) is 50.1 Å². The van der Waals surface area contributed by atoms with Crippen molar-refractivity contribution >= 4 is 30.9 Å². The van der Waals surface area contributed by atoms with Gasteiger partial charge in [0.1, 0.15) is 23.4 Å². The Hall–Kier alpha value is -4.35. The van der Waals surface area contributed by atoms with Crippen LogP contribution in [-0.4, -0.2) is 73.9 Å². The monoisotopic (exact) mass is 582 g/mol. The minimum atomic E-state index is -6.00. The van der Waals surface area contributed by atoms with Crippen LogP contribution in [-0.2, 0) is 31.9 Å². The predicted octanol–water partition coefficient (Wildman–Crippen LogP) is 5.60. The van der Waals surface area contributed by atoms with E-state index in [4.69, 9.17) is 14.2 Å². The molecule has 4 rings (SSSR count). The maximum Gasteiger partial charge on any atom is 0.673 e. The highest BCUT2D eigenvalue weighted by Gasteiger charge is 2.37. The minimum Gasteiger partial charge on any atom is -0.467 e. The molecule has 2 atom stereocenters. The van der Waals surface area contributed by atoms with Crippen molar-refractivity contribution in [1.82, 2.24) is 9.80 Å². The van der Waals surface area contributed by atoms with E-state index in [1.165, 1.54) is 31.0 Å². The molecule has 41 heavy (non-hydrogen) atoms. The van der Waals surface area contributed by atoms with Crippen LogP contribution >= 0.6 is 0 Å². The number of methoxy groups -OCH3 is 1. The summed E-state index contributed by atoms with van der Waals surface area (Å²) < 4.78 is 55.4. The topological polar surface area (TPSA) is 114 Å². The van der Waals surface area contributed by atoms with Crippen molar-refractivity contribution in [3.05, 3.63) is 58.6 Å². The van der Waals surface area contributed by atoms with Crippen LogP contribution in [0, 0.1) is 5.39 Å². The third-order valence-corrected chi connectivity index (χ3v) is 5.86. The van der Waals surface area contributed by atoms with E-state index >= 15 is 0 Å². The average molecular weight is 582 g/mol. The summed E-state index contributed by atoms with van der Waals surface area (Å²) in [7, 11) is -1.75. The number of benzene rings is 2. The molecule has 0 radical (unpaired) electrons. The van der Waals surface area contributed by atoms with E-state index in [1.807, 2.05) is 0 Å². The van der Waals surface area contributed by atoms with E-state index in [0.717, 1.165) is 5.56 Å². The molecule has 2 heterocycles. The zero-order valence-electron chi connectivity index (χ0n) is 23.4. The minimum absolute atomic E-state index is 0.109. The Bertz CT molecular complexity index is 1290. The average Bonchev–Trinajstić information content (AvgIpc) is 2.87.